The molecule has 0 aliphatic carbocycles. The summed E-state index contributed by atoms with van der Waals surface area (Å²) in [7, 11) is -0.434. The van der Waals surface area contributed by atoms with Gasteiger partial charge in [0, 0.05) is 18.4 Å². The molecule has 47 heavy (non-hydrogen) atoms. The fraction of sp³-hybridized carbons (Fsp3) is 0.450. The van der Waals surface area contributed by atoms with Crippen LogP contribution in [0.1, 0.15) is 100 Å². The fourth-order valence-electron chi connectivity index (χ4n) is 5.99. The molecule has 0 bridgehead atoms. The standard InChI is InChI=1S/C40H53NO5S/c1-44-37-28-26-35(27-29-37)33-47(42,43)41-31-36(40-38(41)24-20-25-39(40)45-2)23-18-13-11-9-7-5-3-4-6-8-10-12-14-19-30-46-32-34-21-16-15-17-22-34/h15-18,20-29,31H,3-14,19,30,32-33H2,1-2H3. The third kappa shape index (κ3) is 11.9. The Hall–Kier alpha value is -3.55. The largest absolute Gasteiger partial charge is 0.497 e. The third-order valence-electron chi connectivity index (χ3n) is 8.63. The number of benzene rings is 3. The van der Waals surface area contributed by atoms with Gasteiger partial charge in [0.2, 0.25) is 10.0 Å². The van der Waals surface area contributed by atoms with Crippen molar-refractivity contribution in [1.82, 2.24) is 3.97 Å². The van der Waals surface area contributed by atoms with Crippen molar-refractivity contribution in [3.63, 3.8) is 0 Å². The van der Waals surface area contributed by atoms with Gasteiger partial charge in [0.05, 0.1) is 37.5 Å². The number of fused-ring (bicyclic) bond motifs is 1. The van der Waals surface area contributed by atoms with Crippen LogP contribution in [0, 0.1) is 0 Å². The van der Waals surface area contributed by atoms with E-state index in [1.165, 1.54) is 73.7 Å². The highest BCUT2D eigenvalue weighted by molar-refractivity contribution is 7.89. The summed E-state index contributed by atoms with van der Waals surface area (Å²) < 4.78 is 45.1. The molecule has 0 unspecified atom stereocenters. The Bertz CT molecular complexity index is 1590. The molecule has 4 aromatic rings. The molecule has 0 fully saturated rings. The van der Waals surface area contributed by atoms with Gasteiger partial charge in [-0.3, -0.25) is 0 Å². The average Bonchev–Trinajstić information content (AvgIpc) is 3.48. The molecule has 0 radical (unpaired) electrons. The lowest BCUT2D eigenvalue weighted by Crippen LogP contribution is -2.14. The van der Waals surface area contributed by atoms with E-state index in [0.717, 1.165) is 43.4 Å². The summed E-state index contributed by atoms with van der Waals surface area (Å²) in [6.07, 6.45) is 22.3. The Morgan fingerprint density at radius 1 is 0.660 bits per heavy atom. The van der Waals surface area contributed by atoms with Gasteiger partial charge in [0.1, 0.15) is 11.5 Å². The second-order valence-corrected chi connectivity index (χ2v) is 14.2. The van der Waals surface area contributed by atoms with Crippen molar-refractivity contribution in [2.75, 3.05) is 20.8 Å². The zero-order valence-electron chi connectivity index (χ0n) is 28.4. The van der Waals surface area contributed by atoms with Gasteiger partial charge in [-0.15, -0.1) is 0 Å². The topological polar surface area (TPSA) is 66.8 Å². The number of hydrogen-bond donors (Lipinski definition) is 0. The van der Waals surface area contributed by atoms with Crippen LogP contribution in [0.25, 0.3) is 17.0 Å². The first-order chi connectivity index (χ1) is 23.0. The van der Waals surface area contributed by atoms with Gasteiger partial charge >= 0.3 is 0 Å². The van der Waals surface area contributed by atoms with Crippen molar-refractivity contribution in [1.29, 1.82) is 0 Å². The number of methoxy groups -OCH3 is 2. The number of aromatic nitrogens is 1. The van der Waals surface area contributed by atoms with Gasteiger partial charge < -0.3 is 14.2 Å². The van der Waals surface area contributed by atoms with Gasteiger partial charge in [-0.1, -0.05) is 125 Å². The van der Waals surface area contributed by atoms with Gasteiger partial charge in [-0.05, 0) is 54.7 Å². The zero-order chi connectivity index (χ0) is 33.2. The molecule has 1 aromatic heterocycles. The van der Waals surface area contributed by atoms with Crippen LogP contribution in [-0.2, 0) is 27.1 Å². The van der Waals surface area contributed by atoms with Gasteiger partial charge in [-0.25, -0.2) is 12.4 Å². The van der Waals surface area contributed by atoms with E-state index in [1.54, 1.807) is 44.7 Å². The summed E-state index contributed by atoms with van der Waals surface area (Å²) in [5.74, 6) is 1.26. The molecule has 1 heterocycles. The number of allylic oxidation sites excluding steroid dienone is 1. The molecule has 0 amide bonds. The molecule has 0 N–H and O–H groups in total. The van der Waals surface area contributed by atoms with Crippen molar-refractivity contribution in [2.45, 2.75) is 95.8 Å². The molecule has 4 rings (SSSR count). The number of hydrogen-bond acceptors (Lipinski definition) is 5. The van der Waals surface area contributed by atoms with Crippen LogP contribution in [-0.4, -0.2) is 33.2 Å². The van der Waals surface area contributed by atoms with E-state index in [-0.39, 0.29) is 5.75 Å². The van der Waals surface area contributed by atoms with Crippen LogP contribution in [0.5, 0.6) is 11.5 Å². The van der Waals surface area contributed by atoms with Gasteiger partial charge in [0.15, 0.2) is 0 Å². The highest BCUT2D eigenvalue weighted by atomic mass is 32.2. The van der Waals surface area contributed by atoms with E-state index in [0.29, 0.717) is 22.6 Å². The van der Waals surface area contributed by atoms with E-state index in [9.17, 15) is 8.42 Å². The first-order valence-electron chi connectivity index (χ1n) is 17.3. The Morgan fingerprint density at radius 2 is 1.30 bits per heavy atom. The van der Waals surface area contributed by atoms with Crippen molar-refractivity contribution < 1.29 is 22.6 Å². The van der Waals surface area contributed by atoms with Gasteiger partial charge in [-0.2, -0.15) is 0 Å². The number of unbranched alkanes of at least 4 members (excludes halogenated alkanes) is 12. The van der Waals surface area contributed by atoms with E-state index >= 15 is 0 Å². The molecule has 0 spiro atoms. The second-order valence-electron chi connectivity index (χ2n) is 12.3. The maximum atomic E-state index is 13.5. The van der Waals surface area contributed by atoms with Crippen LogP contribution >= 0.6 is 0 Å². The minimum absolute atomic E-state index is 0.104. The van der Waals surface area contributed by atoms with Crippen molar-refractivity contribution in [3.05, 3.63) is 102 Å². The maximum absolute atomic E-state index is 13.5. The lowest BCUT2D eigenvalue weighted by atomic mass is 10.0. The van der Waals surface area contributed by atoms with Crippen molar-refractivity contribution >= 4 is 27.0 Å². The minimum Gasteiger partial charge on any atom is -0.497 e. The Morgan fingerprint density at radius 3 is 1.94 bits per heavy atom. The first kappa shape index (κ1) is 36.3. The minimum atomic E-state index is -3.65. The maximum Gasteiger partial charge on any atom is 0.243 e. The predicted molar refractivity (Wildman–Crippen MR) is 195 cm³/mol. The normalized spacial score (nSPS) is 11.9. The fourth-order valence-corrected chi connectivity index (χ4v) is 7.47. The predicted octanol–water partition coefficient (Wildman–Crippen LogP) is 10.3. The molecular weight excluding hydrogens is 607 g/mol. The van der Waals surface area contributed by atoms with Crippen molar-refractivity contribution in [2.24, 2.45) is 0 Å². The van der Waals surface area contributed by atoms with Crippen LogP contribution in [0.15, 0.2) is 85.1 Å². The summed E-state index contributed by atoms with van der Waals surface area (Å²) in [6.45, 7) is 1.58. The summed E-state index contributed by atoms with van der Waals surface area (Å²) in [5.41, 5.74) is 3.44. The summed E-state index contributed by atoms with van der Waals surface area (Å²) in [4.78, 5) is 0. The SMILES string of the molecule is COc1ccc(CS(=O)(=O)n2cc(C=CCCCCCCCCCCCCCCOCc3ccccc3)c3c(OC)cccc32)cc1. The monoisotopic (exact) mass is 659 g/mol. The molecule has 0 saturated heterocycles. The number of nitrogens with zero attached hydrogens (tertiary/aromatic N) is 1. The number of ether oxygens (including phenoxy) is 3. The lowest BCUT2D eigenvalue weighted by Gasteiger charge is -2.09. The van der Waals surface area contributed by atoms with Crippen LogP contribution in [0.3, 0.4) is 0 Å². The van der Waals surface area contributed by atoms with E-state index in [2.05, 4.69) is 30.3 Å². The molecule has 3 aromatic carbocycles. The molecular formula is C40H53NO5S. The average molecular weight is 660 g/mol. The van der Waals surface area contributed by atoms with E-state index in [4.69, 9.17) is 14.2 Å². The highest BCUT2D eigenvalue weighted by Crippen LogP contribution is 2.33. The van der Waals surface area contributed by atoms with Crippen molar-refractivity contribution in [3.8, 4) is 11.5 Å². The molecule has 0 atom stereocenters. The quantitative estimate of drug-likeness (QED) is 0.0742. The molecule has 254 valence electrons. The Kier molecular flexibility index (Phi) is 15.4. The Balaban J connectivity index is 1.10. The smallest absolute Gasteiger partial charge is 0.243 e. The second kappa shape index (κ2) is 20.0. The molecule has 7 heteroatoms. The lowest BCUT2D eigenvalue weighted by molar-refractivity contribution is 0.116. The zero-order valence-corrected chi connectivity index (χ0v) is 29.2. The Labute approximate surface area is 282 Å². The van der Waals surface area contributed by atoms with Gasteiger partial charge in [0.25, 0.3) is 0 Å². The molecule has 0 aliphatic heterocycles. The van der Waals surface area contributed by atoms with Crippen LogP contribution in [0.4, 0.5) is 0 Å². The van der Waals surface area contributed by atoms with E-state index in [1.807, 2.05) is 30.3 Å². The summed E-state index contributed by atoms with van der Waals surface area (Å²) in [5, 5.41) is 0.817. The molecule has 0 aliphatic rings. The highest BCUT2D eigenvalue weighted by Gasteiger charge is 2.21. The van der Waals surface area contributed by atoms with Crippen LogP contribution < -0.4 is 9.47 Å². The third-order valence-corrected chi connectivity index (χ3v) is 10.2. The van der Waals surface area contributed by atoms with Crippen LogP contribution in [0.2, 0.25) is 0 Å². The summed E-state index contributed by atoms with van der Waals surface area (Å²) in [6, 6.07) is 23.1. The molecule has 0 saturated carbocycles. The first-order valence-corrected chi connectivity index (χ1v) is 18.9. The van der Waals surface area contributed by atoms with E-state index < -0.39 is 10.0 Å². The number of rotatable bonds is 23. The molecule has 6 nitrogen and oxygen atoms in total. The summed E-state index contributed by atoms with van der Waals surface area (Å²) >= 11 is 0.